The van der Waals surface area contributed by atoms with Gasteiger partial charge in [-0.3, -0.25) is 0 Å². The average molecular weight is 1400 g/mol. The van der Waals surface area contributed by atoms with Crippen LogP contribution in [0.5, 0.6) is 0 Å². The van der Waals surface area contributed by atoms with Crippen molar-refractivity contribution in [3.8, 4) is 0 Å². The third-order valence-electron chi connectivity index (χ3n) is 24.0. The molecule has 7 saturated heterocycles. The van der Waals surface area contributed by atoms with Gasteiger partial charge in [0.1, 0.15) is 140 Å². The van der Waals surface area contributed by atoms with Crippen LogP contribution in [-0.4, -0.2) is 346 Å². The van der Waals surface area contributed by atoms with E-state index in [2.05, 4.69) is 26.8 Å². The van der Waals surface area contributed by atoms with Crippen molar-refractivity contribution in [2.45, 2.75) is 295 Å². The molecule has 560 valence electrons. The molecule has 7 aliphatic heterocycles. The first-order chi connectivity index (χ1) is 46.0. The quantitative estimate of drug-likeness (QED) is 0.0448. The molecular weight excluding hydrogens is 1300 g/mol. The minimum atomic E-state index is -2.14. The number of aliphatic hydroxyl groups is 19. The molecule has 3 saturated carbocycles. The van der Waals surface area contributed by atoms with Crippen molar-refractivity contribution in [3.63, 3.8) is 0 Å². The van der Waals surface area contributed by atoms with Gasteiger partial charge in [0.05, 0.1) is 58.0 Å². The van der Waals surface area contributed by atoms with Crippen molar-refractivity contribution in [3.05, 3.63) is 11.6 Å². The predicted octanol–water partition coefficient (Wildman–Crippen LogP) is -6.70. The summed E-state index contributed by atoms with van der Waals surface area (Å²) in [5.41, 5.74) is 0.916. The SMILES string of the molecule is CO[C@]1(CC[C@@H](C)CO[C@@H]2O[C@H](CO)[C@@H](O)[C@H](O)[C@H]2O)O[C@H]2C[C@H]3[C@@H]4CC=C5C[C@@H](O[C@@H]6O[C@H](CO)[C@@H](O[C@@H]7O[C@H](CO)[C@@H](O)[C@H](O[C@@H]8O[C@H](CO[C@@H]9O[C@H](CO)[C@@H](O)[C@H](O)[C@H]9O)[C@@H](O)[C@H](O)[C@H]8O)[C@H]7O)[C@H](O)[C@H]6O[C@@H]6O[C@@H](C)[C@H](O)[C@@H](O)[C@H]6O)CC[C@]5(C)[C@H]4CC[C@]3(C)[C@H]2[C@@H]1C. The number of allylic oxidation sites excluding steroid dienone is 1. The zero-order chi connectivity index (χ0) is 70.2. The van der Waals surface area contributed by atoms with Gasteiger partial charge in [-0.2, -0.15) is 0 Å². The van der Waals surface area contributed by atoms with Crippen LogP contribution in [-0.2, 0) is 66.3 Å². The van der Waals surface area contributed by atoms with Gasteiger partial charge in [-0.15, -0.1) is 0 Å². The third kappa shape index (κ3) is 14.3. The van der Waals surface area contributed by atoms with Gasteiger partial charge in [-0.05, 0) is 98.7 Å². The molecule has 97 heavy (non-hydrogen) atoms. The molecule has 0 bridgehead atoms. The van der Waals surface area contributed by atoms with Crippen LogP contribution < -0.4 is 0 Å². The highest BCUT2D eigenvalue weighted by Crippen LogP contribution is 2.70. The Morgan fingerprint density at radius 2 is 1.02 bits per heavy atom. The lowest BCUT2D eigenvalue weighted by Gasteiger charge is -2.58. The molecule has 11 aliphatic rings. The van der Waals surface area contributed by atoms with Gasteiger partial charge in [0, 0.05) is 19.4 Å². The van der Waals surface area contributed by atoms with Crippen LogP contribution in [0.4, 0.5) is 0 Å². The molecule has 0 aromatic heterocycles. The zero-order valence-electron chi connectivity index (χ0n) is 55.3. The topological polar surface area (TPSA) is 514 Å². The van der Waals surface area contributed by atoms with Crippen molar-refractivity contribution < 1.29 is 163 Å². The molecule has 10 fully saturated rings. The maximum atomic E-state index is 12.5. The van der Waals surface area contributed by atoms with Crippen LogP contribution in [0, 0.1) is 46.3 Å². The Morgan fingerprint density at radius 1 is 0.505 bits per heavy atom. The standard InChI is InChI=1S/C64H106O33/c1-23(21-85-56-47(78)44(75)39(70)32(17-65)89-56)9-14-64(84-6)24(2)37-31(97-64)16-30-28-8-7-26-15-27(10-12-62(26,4)29(28)11-13-63(30,37)5)88-61-55(96-58-49(80)43(74)38(69)25(3)87-58)51(82)53(35(20-68)92-61)94-60-52(83)54(42(73)34(19-67)91-60)95-59-50(81)46(77)41(72)36(93-59)22-86-57-48(79)45(76)40(71)33(18-66)90-57/h7,23-25,27-61,65-83H,8-22H2,1-6H3/t23-,24+,25+,27+,28-,29+,30+,31+,32-,33-,34-,35-,36-,37+,38+,39-,40-,41-,42-,43-,44+,45+,46+,47-,48-,49-,50-,51+,52-,53-,54+,55-,56-,57-,58+,59+,60+,61-,62+,63+,64-/m1/s1. The minimum Gasteiger partial charge on any atom is -0.394 e. The van der Waals surface area contributed by atoms with Crippen LogP contribution in [0.25, 0.3) is 0 Å². The number of rotatable bonds is 22. The molecule has 0 radical (unpaired) electrons. The molecule has 0 aromatic rings. The molecule has 4 aliphatic carbocycles. The van der Waals surface area contributed by atoms with Gasteiger partial charge in [0.15, 0.2) is 43.5 Å². The fourth-order valence-electron chi connectivity index (χ4n) is 18.2. The van der Waals surface area contributed by atoms with Gasteiger partial charge in [0.2, 0.25) is 0 Å². The van der Waals surface area contributed by atoms with Crippen LogP contribution in [0.2, 0.25) is 0 Å². The van der Waals surface area contributed by atoms with Crippen LogP contribution in [0.1, 0.15) is 92.4 Å². The molecule has 0 unspecified atom stereocenters. The summed E-state index contributed by atoms with van der Waals surface area (Å²) in [6.45, 7) is 6.63. The second kappa shape index (κ2) is 30.9. The van der Waals surface area contributed by atoms with E-state index >= 15 is 0 Å². The van der Waals surface area contributed by atoms with Crippen molar-refractivity contribution in [1.29, 1.82) is 0 Å². The summed E-state index contributed by atoms with van der Waals surface area (Å²) in [5.74, 6) is 0.396. The summed E-state index contributed by atoms with van der Waals surface area (Å²) in [5, 5.41) is 204. The van der Waals surface area contributed by atoms with Gasteiger partial charge in [-0.25, -0.2) is 0 Å². The minimum absolute atomic E-state index is 0.0408. The lowest BCUT2D eigenvalue weighted by atomic mass is 9.47. The number of aliphatic hydroxyl groups excluding tert-OH is 19. The summed E-state index contributed by atoms with van der Waals surface area (Å²) in [6.07, 6.45) is -43.1. The first kappa shape index (κ1) is 76.5. The number of hydrogen-bond donors (Lipinski definition) is 19. The van der Waals surface area contributed by atoms with E-state index in [9.17, 15) is 97.0 Å². The molecular formula is C64H106O33. The Hall–Kier alpha value is -1.58. The first-order valence-corrected chi connectivity index (χ1v) is 34.3. The van der Waals surface area contributed by atoms with Gasteiger partial charge >= 0.3 is 0 Å². The van der Waals surface area contributed by atoms with Gasteiger partial charge in [0.25, 0.3) is 0 Å². The Bertz CT molecular complexity index is 2580. The fraction of sp³-hybridized carbons (Fsp3) is 0.969. The summed E-state index contributed by atoms with van der Waals surface area (Å²) < 4.78 is 84.7. The lowest BCUT2D eigenvalue weighted by molar-refractivity contribution is -0.397. The molecule has 19 N–H and O–H groups in total. The number of ether oxygens (including phenoxy) is 14. The molecule has 11 rings (SSSR count). The number of fused-ring (bicyclic) bond motifs is 7. The largest absolute Gasteiger partial charge is 0.394 e. The van der Waals surface area contributed by atoms with E-state index in [0.29, 0.717) is 49.9 Å². The Balaban J connectivity index is 0.750. The summed E-state index contributed by atoms with van der Waals surface area (Å²) in [4.78, 5) is 0. The monoisotopic (exact) mass is 1400 g/mol. The molecule has 7 heterocycles. The normalized spacial score (nSPS) is 54.3. The predicted molar refractivity (Wildman–Crippen MR) is 320 cm³/mol. The van der Waals surface area contributed by atoms with E-state index in [1.165, 1.54) is 12.5 Å². The van der Waals surface area contributed by atoms with E-state index < -0.39 is 229 Å². The average Bonchev–Trinajstić information content (AvgIpc) is 1.57. The number of methoxy groups -OCH3 is 1. The van der Waals surface area contributed by atoms with Crippen molar-refractivity contribution in [1.82, 2.24) is 0 Å². The highest BCUT2D eigenvalue weighted by atomic mass is 16.8. The Morgan fingerprint density at radius 3 is 1.64 bits per heavy atom. The fourth-order valence-corrected chi connectivity index (χ4v) is 18.2. The second-order valence-electron chi connectivity index (χ2n) is 29.7. The van der Waals surface area contributed by atoms with Crippen LogP contribution in [0.15, 0.2) is 11.6 Å². The zero-order valence-corrected chi connectivity index (χ0v) is 55.3. The van der Waals surface area contributed by atoms with E-state index in [-0.39, 0.29) is 41.3 Å². The Kier molecular flexibility index (Phi) is 24.3. The first-order valence-electron chi connectivity index (χ1n) is 34.3. The third-order valence-corrected chi connectivity index (χ3v) is 24.0. The van der Waals surface area contributed by atoms with Crippen molar-refractivity contribution in [2.24, 2.45) is 46.3 Å². The van der Waals surface area contributed by atoms with Crippen LogP contribution >= 0.6 is 0 Å². The van der Waals surface area contributed by atoms with Gasteiger partial charge < -0.3 is 163 Å². The van der Waals surface area contributed by atoms with Gasteiger partial charge in [-0.1, -0.05) is 39.3 Å². The summed E-state index contributed by atoms with van der Waals surface area (Å²) >= 11 is 0. The van der Waals surface area contributed by atoms with E-state index in [4.69, 9.17) is 66.3 Å². The van der Waals surface area contributed by atoms with Crippen molar-refractivity contribution >= 4 is 0 Å². The molecule has 0 aromatic carbocycles. The van der Waals surface area contributed by atoms with Crippen LogP contribution in [0.3, 0.4) is 0 Å². The highest BCUT2D eigenvalue weighted by molar-refractivity contribution is 5.27. The van der Waals surface area contributed by atoms with E-state index in [1.54, 1.807) is 7.11 Å². The summed E-state index contributed by atoms with van der Waals surface area (Å²) in [7, 11) is 1.69. The maximum Gasteiger partial charge on any atom is 0.187 e. The highest BCUT2D eigenvalue weighted by Gasteiger charge is 2.69. The number of hydrogen-bond acceptors (Lipinski definition) is 33. The van der Waals surface area contributed by atoms with E-state index in [0.717, 1.165) is 25.7 Å². The molecule has 33 heteroatoms. The smallest absolute Gasteiger partial charge is 0.187 e. The maximum absolute atomic E-state index is 12.5. The van der Waals surface area contributed by atoms with Crippen molar-refractivity contribution in [2.75, 3.05) is 46.8 Å². The molecule has 41 atom stereocenters. The summed E-state index contributed by atoms with van der Waals surface area (Å²) in [6, 6.07) is 0. The molecule has 0 amide bonds. The molecule has 33 nitrogen and oxygen atoms in total. The lowest BCUT2D eigenvalue weighted by Crippen LogP contribution is -2.68. The van der Waals surface area contributed by atoms with E-state index in [1.807, 2.05) is 6.92 Å². The Labute approximate surface area is 561 Å². The molecule has 0 spiro atoms. The second-order valence-corrected chi connectivity index (χ2v) is 29.7.